The minimum absolute atomic E-state index is 0.0496. The summed E-state index contributed by atoms with van der Waals surface area (Å²) in [7, 11) is -3.99. The molecule has 0 spiro atoms. The maximum atomic E-state index is 13.2. The molecule has 0 radical (unpaired) electrons. The topological polar surface area (TPSA) is 103 Å². The Hall–Kier alpha value is -3.75. The first-order valence-corrected chi connectivity index (χ1v) is 12.6. The number of rotatable bonds is 8. The standard InChI is InChI=1S/C27H25NO6S/c1-3-20-16-26(29)34-25-17-21(11-14-23(20)25)33-27(30)24(15-19-7-5-4-6-8-19)28-35(31,32)22-12-9-18(2)10-13-22/h4-14,16-17,24,28H,3,15H2,1-2H3/t24-/m1/s1. The molecule has 3 aromatic carbocycles. The molecule has 0 amide bonds. The van der Waals surface area contributed by atoms with Crippen molar-refractivity contribution in [1.82, 2.24) is 4.72 Å². The quantitative estimate of drug-likeness (QED) is 0.226. The molecule has 4 aromatic rings. The minimum atomic E-state index is -3.99. The van der Waals surface area contributed by atoms with Gasteiger partial charge in [-0.3, -0.25) is 0 Å². The lowest BCUT2D eigenvalue weighted by molar-refractivity contribution is -0.136. The second kappa shape index (κ2) is 10.2. The van der Waals surface area contributed by atoms with Crippen LogP contribution in [0.5, 0.6) is 5.75 Å². The van der Waals surface area contributed by atoms with E-state index >= 15 is 0 Å². The van der Waals surface area contributed by atoms with Gasteiger partial charge in [0.25, 0.3) is 0 Å². The molecule has 1 atom stereocenters. The van der Waals surface area contributed by atoms with Gasteiger partial charge in [-0.25, -0.2) is 18.0 Å². The number of carbonyl (C=O) groups excluding carboxylic acids is 1. The van der Waals surface area contributed by atoms with E-state index in [1.807, 2.05) is 32.0 Å². The lowest BCUT2D eigenvalue weighted by Gasteiger charge is -2.18. The number of esters is 1. The van der Waals surface area contributed by atoms with E-state index in [1.165, 1.54) is 24.3 Å². The Morgan fingerprint density at radius 1 is 1.00 bits per heavy atom. The fourth-order valence-electron chi connectivity index (χ4n) is 3.75. The summed E-state index contributed by atoms with van der Waals surface area (Å²) in [5.41, 5.74) is 2.30. The highest BCUT2D eigenvalue weighted by Gasteiger charge is 2.28. The van der Waals surface area contributed by atoms with Crippen molar-refractivity contribution in [3.05, 3.63) is 106 Å². The number of hydrogen-bond acceptors (Lipinski definition) is 6. The molecule has 0 unspecified atom stereocenters. The molecule has 0 fully saturated rings. The van der Waals surface area contributed by atoms with Crippen LogP contribution in [-0.4, -0.2) is 20.4 Å². The number of benzene rings is 3. The smallest absolute Gasteiger partial charge is 0.336 e. The largest absolute Gasteiger partial charge is 0.425 e. The van der Waals surface area contributed by atoms with Gasteiger partial charge in [-0.15, -0.1) is 0 Å². The number of fused-ring (bicyclic) bond motifs is 1. The maximum Gasteiger partial charge on any atom is 0.336 e. The molecule has 0 saturated heterocycles. The second-order valence-electron chi connectivity index (χ2n) is 8.20. The average molecular weight is 492 g/mol. The van der Waals surface area contributed by atoms with Crippen LogP contribution in [0.25, 0.3) is 11.0 Å². The number of aryl methyl sites for hydroxylation is 2. The minimum Gasteiger partial charge on any atom is -0.425 e. The number of carbonyl (C=O) groups is 1. The van der Waals surface area contributed by atoms with Gasteiger partial charge in [0.2, 0.25) is 10.0 Å². The van der Waals surface area contributed by atoms with Crippen molar-refractivity contribution in [2.45, 2.75) is 37.6 Å². The first kappa shape index (κ1) is 24.4. The van der Waals surface area contributed by atoms with Gasteiger partial charge in [0, 0.05) is 17.5 Å². The van der Waals surface area contributed by atoms with Gasteiger partial charge in [-0.2, -0.15) is 4.72 Å². The average Bonchev–Trinajstić information content (AvgIpc) is 2.83. The van der Waals surface area contributed by atoms with Crippen LogP contribution < -0.4 is 15.1 Å². The molecule has 0 aliphatic carbocycles. The molecule has 8 heteroatoms. The Kier molecular flexibility index (Phi) is 7.14. The molecule has 180 valence electrons. The summed E-state index contributed by atoms with van der Waals surface area (Å²) in [6, 6.07) is 20.4. The highest BCUT2D eigenvalue weighted by atomic mass is 32.2. The molecule has 1 aromatic heterocycles. The van der Waals surface area contributed by atoms with E-state index in [0.717, 1.165) is 22.1 Å². The molecule has 1 heterocycles. The van der Waals surface area contributed by atoms with Gasteiger partial charge < -0.3 is 9.15 Å². The first-order valence-electron chi connectivity index (χ1n) is 11.2. The molecule has 0 aliphatic heterocycles. The van der Waals surface area contributed by atoms with Crippen LogP contribution >= 0.6 is 0 Å². The molecule has 7 nitrogen and oxygen atoms in total. The van der Waals surface area contributed by atoms with Crippen LogP contribution in [0.4, 0.5) is 0 Å². The van der Waals surface area contributed by atoms with Gasteiger partial charge in [0.1, 0.15) is 17.4 Å². The molecule has 4 rings (SSSR count). The Balaban J connectivity index is 1.63. The molecule has 0 aliphatic rings. The van der Waals surface area contributed by atoms with E-state index in [2.05, 4.69) is 4.72 Å². The molecular formula is C27H25NO6S. The summed E-state index contributed by atoms with van der Waals surface area (Å²) < 4.78 is 39.3. The predicted molar refractivity (Wildman–Crippen MR) is 133 cm³/mol. The van der Waals surface area contributed by atoms with E-state index in [-0.39, 0.29) is 17.1 Å². The Morgan fingerprint density at radius 3 is 2.40 bits per heavy atom. The lowest BCUT2D eigenvalue weighted by atomic mass is 10.1. The van der Waals surface area contributed by atoms with E-state index in [9.17, 15) is 18.0 Å². The van der Waals surface area contributed by atoms with Gasteiger partial charge in [-0.05, 0) is 55.2 Å². The Bertz CT molecular complexity index is 1510. The number of hydrogen-bond donors (Lipinski definition) is 1. The van der Waals surface area contributed by atoms with Gasteiger partial charge in [0.15, 0.2) is 0 Å². The first-order chi connectivity index (χ1) is 16.7. The van der Waals surface area contributed by atoms with Crippen molar-refractivity contribution >= 4 is 27.0 Å². The highest BCUT2D eigenvalue weighted by Crippen LogP contribution is 2.24. The van der Waals surface area contributed by atoms with Crippen LogP contribution in [0.15, 0.2) is 93.0 Å². The third kappa shape index (κ3) is 5.85. The Labute approximate surface area is 203 Å². The molecule has 35 heavy (non-hydrogen) atoms. The summed E-state index contributed by atoms with van der Waals surface area (Å²) in [5.74, 6) is -0.635. The summed E-state index contributed by atoms with van der Waals surface area (Å²) in [6.45, 7) is 3.78. The number of ether oxygens (including phenoxy) is 1. The van der Waals surface area contributed by atoms with E-state index in [1.54, 1.807) is 36.4 Å². The Morgan fingerprint density at radius 2 is 1.71 bits per heavy atom. The predicted octanol–water partition coefficient (Wildman–Crippen LogP) is 4.16. The van der Waals surface area contributed by atoms with Crippen molar-refractivity contribution in [2.75, 3.05) is 0 Å². The van der Waals surface area contributed by atoms with Crippen molar-refractivity contribution in [2.24, 2.45) is 0 Å². The molecule has 0 saturated carbocycles. The third-order valence-electron chi connectivity index (χ3n) is 5.60. The van der Waals surface area contributed by atoms with Gasteiger partial charge in [-0.1, -0.05) is 55.0 Å². The molecule has 0 bridgehead atoms. The van der Waals surface area contributed by atoms with E-state index < -0.39 is 27.7 Å². The van der Waals surface area contributed by atoms with E-state index in [0.29, 0.717) is 12.0 Å². The van der Waals surface area contributed by atoms with Crippen LogP contribution in [0.1, 0.15) is 23.6 Å². The van der Waals surface area contributed by atoms with Gasteiger partial charge in [0.05, 0.1) is 4.90 Å². The molecule has 1 N–H and O–H groups in total. The van der Waals surface area contributed by atoms with Crippen molar-refractivity contribution in [1.29, 1.82) is 0 Å². The fourth-order valence-corrected chi connectivity index (χ4v) is 4.93. The maximum absolute atomic E-state index is 13.2. The second-order valence-corrected chi connectivity index (χ2v) is 9.91. The monoisotopic (exact) mass is 491 g/mol. The normalized spacial score (nSPS) is 12.4. The summed E-state index contributed by atoms with van der Waals surface area (Å²) in [6.07, 6.45) is 0.731. The molecular weight excluding hydrogens is 466 g/mol. The number of sulfonamides is 1. The van der Waals surface area contributed by atoms with Crippen molar-refractivity contribution < 1.29 is 22.4 Å². The van der Waals surface area contributed by atoms with Crippen LogP contribution in [0, 0.1) is 6.92 Å². The lowest BCUT2D eigenvalue weighted by Crippen LogP contribution is -2.44. The van der Waals surface area contributed by atoms with Crippen LogP contribution in [0.2, 0.25) is 0 Å². The van der Waals surface area contributed by atoms with Crippen molar-refractivity contribution in [3.63, 3.8) is 0 Å². The number of nitrogens with one attached hydrogen (secondary N) is 1. The highest BCUT2D eigenvalue weighted by molar-refractivity contribution is 7.89. The zero-order valence-electron chi connectivity index (χ0n) is 19.4. The zero-order chi connectivity index (χ0) is 25.0. The van der Waals surface area contributed by atoms with Crippen LogP contribution in [0.3, 0.4) is 0 Å². The third-order valence-corrected chi connectivity index (χ3v) is 7.08. The van der Waals surface area contributed by atoms with Crippen LogP contribution in [-0.2, 0) is 27.7 Å². The van der Waals surface area contributed by atoms with Crippen molar-refractivity contribution in [3.8, 4) is 5.75 Å². The van der Waals surface area contributed by atoms with Gasteiger partial charge >= 0.3 is 11.6 Å². The SMILES string of the molecule is CCc1cc(=O)oc2cc(OC(=O)[C@@H](Cc3ccccc3)NS(=O)(=O)c3ccc(C)cc3)ccc12. The fraction of sp³-hybridized carbons (Fsp3) is 0.185. The summed E-state index contributed by atoms with van der Waals surface area (Å²) in [5, 5.41) is 0.743. The summed E-state index contributed by atoms with van der Waals surface area (Å²) >= 11 is 0. The zero-order valence-corrected chi connectivity index (χ0v) is 20.2. The summed E-state index contributed by atoms with van der Waals surface area (Å²) in [4.78, 5) is 25.1. The van der Waals surface area contributed by atoms with E-state index in [4.69, 9.17) is 9.15 Å².